The maximum absolute atomic E-state index is 6.03. The van der Waals surface area contributed by atoms with Gasteiger partial charge in [0, 0.05) is 12.6 Å². The predicted octanol–water partition coefficient (Wildman–Crippen LogP) is 3.98. The zero-order chi connectivity index (χ0) is 10.7. The molecule has 0 unspecified atom stereocenters. The minimum atomic E-state index is 0.566. The summed E-state index contributed by atoms with van der Waals surface area (Å²) >= 11 is 11.8. The van der Waals surface area contributed by atoms with Crippen molar-refractivity contribution in [3.63, 3.8) is 0 Å². The molecule has 0 spiro atoms. The normalized spacial score (nSPS) is 10.3. The molecule has 2 rings (SSSR count). The molecule has 0 amide bonds. The summed E-state index contributed by atoms with van der Waals surface area (Å²) in [5.41, 5.74) is 2.04. The topological polar surface area (TPSA) is 12.9 Å². The van der Waals surface area contributed by atoms with Gasteiger partial charge in [0.2, 0.25) is 0 Å². The molecule has 76 valence electrons. The van der Waals surface area contributed by atoms with Gasteiger partial charge >= 0.3 is 0 Å². The van der Waals surface area contributed by atoms with Crippen LogP contribution in [0.25, 0.3) is 0 Å². The molecule has 0 saturated carbocycles. The van der Waals surface area contributed by atoms with Crippen LogP contribution in [0.3, 0.4) is 0 Å². The monoisotopic (exact) mass is 237 g/mol. The average Bonchev–Trinajstić information content (AvgIpc) is 2.24. The second kappa shape index (κ2) is 4.65. The van der Waals surface area contributed by atoms with Gasteiger partial charge in [0.15, 0.2) is 0 Å². The molecular formula is C12H9Cl2N. The molecule has 1 nitrogen and oxygen atoms in total. The fourth-order valence-corrected chi connectivity index (χ4v) is 1.81. The second-order valence-corrected chi connectivity index (χ2v) is 4.09. The minimum Gasteiger partial charge on any atom is -0.258 e. The van der Waals surface area contributed by atoms with Crippen LogP contribution in [0.2, 0.25) is 10.0 Å². The van der Waals surface area contributed by atoms with Crippen LogP contribution in [-0.4, -0.2) is 4.98 Å². The lowest BCUT2D eigenvalue weighted by atomic mass is 10.1. The molecule has 2 aromatic rings. The van der Waals surface area contributed by atoms with Crippen LogP contribution in [0.1, 0.15) is 11.3 Å². The summed E-state index contributed by atoms with van der Waals surface area (Å²) in [5.74, 6) is 0. The Morgan fingerprint density at radius 1 is 1.07 bits per heavy atom. The van der Waals surface area contributed by atoms with Crippen LogP contribution in [0.15, 0.2) is 42.6 Å². The molecule has 0 fully saturated rings. The highest BCUT2D eigenvalue weighted by atomic mass is 35.5. The van der Waals surface area contributed by atoms with E-state index in [1.54, 1.807) is 12.3 Å². The van der Waals surface area contributed by atoms with Crippen molar-refractivity contribution in [3.05, 3.63) is 63.9 Å². The van der Waals surface area contributed by atoms with Crippen LogP contribution in [0.4, 0.5) is 0 Å². The Bertz CT molecular complexity index is 454. The molecule has 1 heterocycles. The summed E-state index contributed by atoms with van der Waals surface area (Å²) in [7, 11) is 0. The molecule has 0 saturated heterocycles. The number of halogens is 2. The van der Waals surface area contributed by atoms with E-state index in [0.717, 1.165) is 12.1 Å². The first kappa shape index (κ1) is 10.5. The summed E-state index contributed by atoms with van der Waals surface area (Å²) < 4.78 is 0. The van der Waals surface area contributed by atoms with Crippen molar-refractivity contribution in [2.45, 2.75) is 6.42 Å². The van der Waals surface area contributed by atoms with Crippen LogP contribution in [0.5, 0.6) is 0 Å². The highest BCUT2D eigenvalue weighted by molar-refractivity contribution is 6.34. The van der Waals surface area contributed by atoms with E-state index in [1.807, 2.05) is 30.3 Å². The van der Waals surface area contributed by atoms with Crippen LogP contribution in [-0.2, 0) is 6.42 Å². The number of hydrogen-bond acceptors (Lipinski definition) is 1. The van der Waals surface area contributed by atoms with E-state index in [2.05, 4.69) is 4.98 Å². The lowest BCUT2D eigenvalue weighted by Crippen LogP contribution is -1.92. The zero-order valence-corrected chi connectivity index (χ0v) is 9.46. The fraction of sp³-hybridized carbons (Fsp3) is 0.0833. The van der Waals surface area contributed by atoms with Gasteiger partial charge in [-0.15, -0.1) is 0 Å². The van der Waals surface area contributed by atoms with Gasteiger partial charge in [-0.05, 0) is 11.6 Å². The predicted molar refractivity (Wildman–Crippen MR) is 63.5 cm³/mol. The van der Waals surface area contributed by atoms with E-state index in [1.165, 1.54) is 5.56 Å². The second-order valence-electron chi connectivity index (χ2n) is 3.24. The Balaban J connectivity index is 2.25. The van der Waals surface area contributed by atoms with Crippen LogP contribution >= 0.6 is 23.2 Å². The van der Waals surface area contributed by atoms with Crippen LogP contribution in [0, 0.1) is 0 Å². The summed E-state index contributed by atoms with van der Waals surface area (Å²) in [6.07, 6.45) is 2.35. The third-order valence-electron chi connectivity index (χ3n) is 2.10. The van der Waals surface area contributed by atoms with Crippen molar-refractivity contribution in [1.29, 1.82) is 0 Å². The number of hydrogen-bond donors (Lipinski definition) is 0. The molecule has 0 radical (unpaired) electrons. The number of benzene rings is 1. The summed E-state index contributed by atoms with van der Waals surface area (Å²) in [5, 5.41) is 1.18. The molecule has 0 N–H and O–H groups in total. The standard InChI is InChI=1S/C12H9Cl2N/c13-10-7-11(14)12(15-8-10)6-9-4-2-1-3-5-9/h1-5,7-8H,6H2. The van der Waals surface area contributed by atoms with Crippen molar-refractivity contribution in [2.24, 2.45) is 0 Å². The Morgan fingerprint density at radius 3 is 2.47 bits per heavy atom. The lowest BCUT2D eigenvalue weighted by molar-refractivity contribution is 1.07. The molecule has 0 aliphatic rings. The van der Waals surface area contributed by atoms with E-state index < -0.39 is 0 Å². The van der Waals surface area contributed by atoms with Crippen molar-refractivity contribution in [1.82, 2.24) is 4.98 Å². The molecule has 0 aliphatic carbocycles. The van der Waals surface area contributed by atoms with E-state index >= 15 is 0 Å². The Kier molecular flexibility index (Phi) is 3.24. The summed E-state index contributed by atoms with van der Waals surface area (Å²) in [4.78, 5) is 4.21. The van der Waals surface area contributed by atoms with Gasteiger partial charge < -0.3 is 0 Å². The zero-order valence-electron chi connectivity index (χ0n) is 7.95. The minimum absolute atomic E-state index is 0.566. The molecular weight excluding hydrogens is 229 g/mol. The SMILES string of the molecule is Clc1cnc(Cc2ccccc2)c(Cl)c1. The molecule has 3 heteroatoms. The third kappa shape index (κ3) is 2.71. The van der Waals surface area contributed by atoms with Crippen molar-refractivity contribution in [3.8, 4) is 0 Å². The van der Waals surface area contributed by atoms with Gasteiger partial charge in [0.1, 0.15) is 0 Å². The van der Waals surface area contributed by atoms with Gasteiger partial charge in [-0.25, -0.2) is 0 Å². The number of aromatic nitrogens is 1. The largest absolute Gasteiger partial charge is 0.258 e. The fourth-order valence-electron chi connectivity index (χ4n) is 1.36. The highest BCUT2D eigenvalue weighted by Crippen LogP contribution is 2.20. The smallest absolute Gasteiger partial charge is 0.0639 e. The van der Waals surface area contributed by atoms with Gasteiger partial charge in [-0.1, -0.05) is 53.5 Å². The first-order valence-electron chi connectivity index (χ1n) is 4.59. The maximum Gasteiger partial charge on any atom is 0.0639 e. The Morgan fingerprint density at radius 2 is 1.80 bits per heavy atom. The Labute approximate surface area is 98.7 Å². The number of rotatable bonds is 2. The molecule has 0 aliphatic heterocycles. The molecule has 1 aromatic carbocycles. The van der Waals surface area contributed by atoms with Crippen molar-refractivity contribution in [2.75, 3.05) is 0 Å². The highest BCUT2D eigenvalue weighted by Gasteiger charge is 2.03. The lowest BCUT2D eigenvalue weighted by Gasteiger charge is -2.03. The molecule has 1 aromatic heterocycles. The van der Waals surface area contributed by atoms with Gasteiger partial charge in [0.05, 0.1) is 15.7 Å². The number of nitrogens with zero attached hydrogens (tertiary/aromatic N) is 1. The molecule has 15 heavy (non-hydrogen) atoms. The van der Waals surface area contributed by atoms with Crippen molar-refractivity contribution < 1.29 is 0 Å². The van der Waals surface area contributed by atoms with Crippen LogP contribution < -0.4 is 0 Å². The summed E-state index contributed by atoms with van der Waals surface area (Å²) in [6.45, 7) is 0. The number of pyridine rings is 1. The average molecular weight is 238 g/mol. The third-order valence-corrected chi connectivity index (χ3v) is 2.63. The van der Waals surface area contributed by atoms with Gasteiger partial charge in [-0.3, -0.25) is 4.98 Å². The first-order chi connectivity index (χ1) is 7.25. The molecule has 0 bridgehead atoms. The van der Waals surface area contributed by atoms with Gasteiger partial charge in [0.25, 0.3) is 0 Å². The van der Waals surface area contributed by atoms with Crippen molar-refractivity contribution >= 4 is 23.2 Å². The molecule has 0 atom stereocenters. The first-order valence-corrected chi connectivity index (χ1v) is 5.35. The van der Waals surface area contributed by atoms with E-state index in [4.69, 9.17) is 23.2 Å². The Hall–Kier alpha value is -1.05. The summed E-state index contributed by atoms with van der Waals surface area (Å²) in [6, 6.07) is 11.8. The van der Waals surface area contributed by atoms with Gasteiger partial charge in [-0.2, -0.15) is 0 Å². The van der Waals surface area contributed by atoms with E-state index in [9.17, 15) is 0 Å². The quantitative estimate of drug-likeness (QED) is 0.771. The van der Waals surface area contributed by atoms with E-state index in [-0.39, 0.29) is 0 Å². The van der Waals surface area contributed by atoms with E-state index in [0.29, 0.717) is 10.0 Å². The maximum atomic E-state index is 6.03.